The second kappa shape index (κ2) is 8.15. The molecule has 2 rings (SSSR count). The molecule has 0 bridgehead atoms. The van der Waals surface area contributed by atoms with Gasteiger partial charge in [-0.05, 0) is 44.9 Å². The van der Waals surface area contributed by atoms with Crippen LogP contribution in [0.1, 0.15) is 43.5 Å². The lowest BCUT2D eigenvalue weighted by atomic mass is 10.1. The fraction of sp³-hybridized carbons (Fsp3) is 0.471. The Morgan fingerprint density at radius 2 is 2.04 bits per heavy atom. The van der Waals surface area contributed by atoms with Crippen LogP contribution in [0.4, 0.5) is 5.69 Å². The molecule has 0 aromatic heterocycles. The van der Waals surface area contributed by atoms with Crippen molar-refractivity contribution < 1.29 is 14.4 Å². The van der Waals surface area contributed by atoms with Gasteiger partial charge in [-0.1, -0.05) is 11.6 Å². The molecule has 0 saturated carbocycles. The first-order valence-electron chi connectivity index (χ1n) is 8.05. The van der Waals surface area contributed by atoms with E-state index in [1.807, 2.05) is 13.8 Å². The van der Waals surface area contributed by atoms with Gasteiger partial charge in [-0.15, -0.1) is 0 Å². The van der Waals surface area contributed by atoms with Crippen molar-refractivity contribution in [2.24, 2.45) is 0 Å². The van der Waals surface area contributed by atoms with E-state index in [0.29, 0.717) is 29.2 Å². The highest BCUT2D eigenvalue weighted by Gasteiger charge is 2.21. The van der Waals surface area contributed by atoms with Crippen LogP contribution in [-0.4, -0.2) is 41.8 Å². The molecule has 0 atom stereocenters. The third-order valence-electron chi connectivity index (χ3n) is 3.68. The highest BCUT2D eigenvalue weighted by Crippen LogP contribution is 2.21. The van der Waals surface area contributed by atoms with E-state index in [2.05, 4.69) is 10.6 Å². The molecule has 1 fully saturated rings. The van der Waals surface area contributed by atoms with Gasteiger partial charge >= 0.3 is 0 Å². The number of carbonyl (C=O) groups excluding carboxylic acids is 3. The first kappa shape index (κ1) is 18.3. The summed E-state index contributed by atoms with van der Waals surface area (Å²) in [6, 6.07) is 4.68. The van der Waals surface area contributed by atoms with Gasteiger partial charge < -0.3 is 15.5 Å². The van der Waals surface area contributed by atoms with Gasteiger partial charge in [0.1, 0.15) is 0 Å². The highest BCUT2D eigenvalue weighted by atomic mass is 35.5. The first-order chi connectivity index (χ1) is 11.4. The minimum absolute atomic E-state index is 0.0136. The summed E-state index contributed by atoms with van der Waals surface area (Å²) in [7, 11) is 0. The predicted molar refractivity (Wildman–Crippen MR) is 93.1 cm³/mol. The number of hydrogen-bond acceptors (Lipinski definition) is 3. The summed E-state index contributed by atoms with van der Waals surface area (Å²) in [5, 5.41) is 5.90. The van der Waals surface area contributed by atoms with Crippen LogP contribution in [0.5, 0.6) is 0 Å². The van der Waals surface area contributed by atoms with Gasteiger partial charge in [-0.3, -0.25) is 14.4 Å². The Labute approximate surface area is 146 Å². The quantitative estimate of drug-likeness (QED) is 0.855. The molecule has 0 unspecified atom stereocenters. The molecule has 3 amide bonds. The molecule has 0 spiro atoms. The van der Waals surface area contributed by atoms with Crippen LogP contribution in [0.25, 0.3) is 0 Å². The number of hydrogen-bond donors (Lipinski definition) is 2. The number of benzene rings is 1. The maximum Gasteiger partial charge on any atom is 0.253 e. The molecular formula is C17H22ClN3O3. The normalized spacial score (nSPS) is 14.7. The number of carbonyl (C=O) groups is 3. The van der Waals surface area contributed by atoms with Gasteiger partial charge in [0.25, 0.3) is 5.91 Å². The minimum Gasteiger partial charge on any atom is -0.350 e. The van der Waals surface area contributed by atoms with E-state index in [-0.39, 0.29) is 30.3 Å². The van der Waals surface area contributed by atoms with Crippen LogP contribution in [0.2, 0.25) is 5.02 Å². The van der Waals surface area contributed by atoms with Crippen LogP contribution in [0.3, 0.4) is 0 Å². The van der Waals surface area contributed by atoms with Gasteiger partial charge in [0.15, 0.2) is 0 Å². The molecule has 7 heteroatoms. The summed E-state index contributed by atoms with van der Waals surface area (Å²) in [5.41, 5.74) is 0.682. The molecule has 1 heterocycles. The molecule has 1 saturated heterocycles. The Balaban J connectivity index is 2.10. The lowest BCUT2D eigenvalue weighted by Gasteiger charge is -2.26. The zero-order chi connectivity index (χ0) is 17.7. The number of likely N-dealkylation sites (tertiary alicyclic amines) is 1. The Bertz CT molecular complexity index is 646. The van der Waals surface area contributed by atoms with Crippen molar-refractivity contribution in [3.05, 3.63) is 28.8 Å². The standard InChI is InChI=1S/C17H22ClN3O3/c1-11(2)19-17(24)13-7-6-12(18)9-14(13)20-15(22)10-21-8-4-3-5-16(21)23/h6-7,9,11H,3-5,8,10H2,1-2H3,(H,19,24)(H,20,22). The molecule has 2 N–H and O–H groups in total. The summed E-state index contributed by atoms with van der Waals surface area (Å²) >= 11 is 5.98. The van der Waals surface area contributed by atoms with E-state index in [0.717, 1.165) is 12.8 Å². The molecule has 0 radical (unpaired) electrons. The van der Waals surface area contributed by atoms with Crippen LogP contribution in [-0.2, 0) is 9.59 Å². The maximum absolute atomic E-state index is 12.3. The molecule has 1 aliphatic heterocycles. The lowest BCUT2D eigenvalue weighted by molar-refractivity contribution is -0.136. The van der Waals surface area contributed by atoms with E-state index in [1.165, 1.54) is 11.0 Å². The number of halogens is 1. The molecular weight excluding hydrogens is 330 g/mol. The zero-order valence-electron chi connectivity index (χ0n) is 13.9. The Morgan fingerprint density at radius 1 is 1.29 bits per heavy atom. The second-order valence-corrected chi connectivity index (χ2v) is 6.58. The SMILES string of the molecule is CC(C)NC(=O)c1ccc(Cl)cc1NC(=O)CN1CCCCC1=O. The fourth-order valence-corrected chi connectivity index (χ4v) is 2.72. The number of nitrogens with one attached hydrogen (secondary N) is 2. The molecule has 130 valence electrons. The van der Waals surface area contributed by atoms with Gasteiger partial charge in [-0.2, -0.15) is 0 Å². The molecule has 1 aromatic rings. The highest BCUT2D eigenvalue weighted by molar-refractivity contribution is 6.31. The summed E-state index contributed by atoms with van der Waals surface area (Å²) < 4.78 is 0. The van der Waals surface area contributed by atoms with Crippen molar-refractivity contribution in [1.82, 2.24) is 10.2 Å². The zero-order valence-corrected chi connectivity index (χ0v) is 14.7. The largest absolute Gasteiger partial charge is 0.350 e. The van der Waals surface area contributed by atoms with Crippen molar-refractivity contribution >= 4 is 35.0 Å². The van der Waals surface area contributed by atoms with Crippen LogP contribution in [0, 0.1) is 0 Å². The molecule has 1 aliphatic rings. The molecule has 1 aromatic carbocycles. The number of rotatable bonds is 5. The Morgan fingerprint density at radius 3 is 2.71 bits per heavy atom. The van der Waals surface area contributed by atoms with Crippen molar-refractivity contribution in [2.45, 2.75) is 39.2 Å². The van der Waals surface area contributed by atoms with E-state index in [4.69, 9.17) is 11.6 Å². The molecule has 24 heavy (non-hydrogen) atoms. The average Bonchev–Trinajstić information content (AvgIpc) is 2.49. The van der Waals surface area contributed by atoms with E-state index in [9.17, 15) is 14.4 Å². The smallest absolute Gasteiger partial charge is 0.253 e. The van der Waals surface area contributed by atoms with Crippen LogP contribution in [0.15, 0.2) is 18.2 Å². The van der Waals surface area contributed by atoms with E-state index >= 15 is 0 Å². The third-order valence-corrected chi connectivity index (χ3v) is 3.91. The minimum atomic E-state index is -0.342. The second-order valence-electron chi connectivity index (χ2n) is 6.14. The van der Waals surface area contributed by atoms with Crippen molar-refractivity contribution in [1.29, 1.82) is 0 Å². The molecule has 0 aliphatic carbocycles. The lowest BCUT2D eigenvalue weighted by Crippen LogP contribution is -2.41. The Kier molecular flexibility index (Phi) is 6.20. The van der Waals surface area contributed by atoms with E-state index in [1.54, 1.807) is 12.1 Å². The van der Waals surface area contributed by atoms with Crippen molar-refractivity contribution in [3.63, 3.8) is 0 Å². The third kappa shape index (κ3) is 4.96. The summed E-state index contributed by atoms with van der Waals surface area (Å²) in [5.74, 6) is -0.641. The fourth-order valence-electron chi connectivity index (χ4n) is 2.55. The number of nitrogens with zero attached hydrogens (tertiary/aromatic N) is 1. The van der Waals surface area contributed by atoms with Gasteiger partial charge in [0, 0.05) is 24.0 Å². The summed E-state index contributed by atoms with van der Waals surface area (Å²) in [4.78, 5) is 37.8. The van der Waals surface area contributed by atoms with Crippen LogP contribution < -0.4 is 10.6 Å². The van der Waals surface area contributed by atoms with Gasteiger partial charge in [0.05, 0.1) is 17.8 Å². The summed E-state index contributed by atoms with van der Waals surface area (Å²) in [6.45, 7) is 4.28. The predicted octanol–water partition coefficient (Wildman–Crippen LogP) is 2.43. The molecule has 6 nitrogen and oxygen atoms in total. The van der Waals surface area contributed by atoms with Gasteiger partial charge in [-0.25, -0.2) is 0 Å². The average molecular weight is 352 g/mol. The van der Waals surface area contributed by atoms with Crippen molar-refractivity contribution in [3.8, 4) is 0 Å². The number of piperidine rings is 1. The van der Waals surface area contributed by atoms with Gasteiger partial charge in [0.2, 0.25) is 11.8 Å². The van der Waals surface area contributed by atoms with E-state index < -0.39 is 0 Å². The number of anilines is 1. The van der Waals surface area contributed by atoms with Crippen LogP contribution >= 0.6 is 11.6 Å². The first-order valence-corrected chi connectivity index (χ1v) is 8.42. The number of amides is 3. The Hall–Kier alpha value is -2.08. The van der Waals surface area contributed by atoms with Crippen molar-refractivity contribution in [2.75, 3.05) is 18.4 Å². The maximum atomic E-state index is 12.3. The summed E-state index contributed by atoms with van der Waals surface area (Å²) in [6.07, 6.45) is 2.25. The monoisotopic (exact) mass is 351 g/mol. The topological polar surface area (TPSA) is 78.5 Å².